The average molecular weight is 609 g/mol. The zero-order valence-electron chi connectivity index (χ0n) is 24.9. The monoisotopic (exact) mass is 608 g/mol. The van der Waals surface area contributed by atoms with Crippen molar-refractivity contribution in [3.63, 3.8) is 0 Å². The molecule has 0 spiro atoms. The first-order valence-corrected chi connectivity index (χ1v) is 16.3. The summed E-state index contributed by atoms with van der Waals surface area (Å²) < 4.78 is 9.33. The standard InChI is InChI=1S/C42H28N2OS/c1-4-13-29(14-5-1)43(30-15-6-2-7-16-30)32-23-25-39-36(27-32)35-20-12-21-38(42(35)45-39)44(31-17-8-3-9-18-31)33-24-26-41-37(28-33)34-19-10-11-22-40(34)46-41/h1-28H. The van der Waals surface area contributed by atoms with Crippen LogP contribution < -0.4 is 9.80 Å². The third-order valence-electron chi connectivity index (χ3n) is 8.62. The van der Waals surface area contributed by atoms with Gasteiger partial charge in [0, 0.05) is 59.4 Å². The van der Waals surface area contributed by atoms with Gasteiger partial charge in [0.2, 0.25) is 0 Å². The number of furan rings is 1. The average Bonchev–Trinajstić information content (AvgIpc) is 3.68. The van der Waals surface area contributed by atoms with E-state index in [9.17, 15) is 0 Å². The molecule has 0 aliphatic carbocycles. The van der Waals surface area contributed by atoms with Gasteiger partial charge in [-0.15, -0.1) is 11.3 Å². The van der Waals surface area contributed by atoms with E-state index in [4.69, 9.17) is 4.42 Å². The van der Waals surface area contributed by atoms with Crippen molar-refractivity contribution in [1.29, 1.82) is 0 Å². The van der Waals surface area contributed by atoms with Crippen molar-refractivity contribution >= 4 is 87.6 Å². The Bertz CT molecular complexity index is 2440. The van der Waals surface area contributed by atoms with Crippen LogP contribution in [0.1, 0.15) is 0 Å². The maximum Gasteiger partial charge on any atom is 0.159 e. The Morgan fingerprint density at radius 1 is 0.370 bits per heavy atom. The summed E-state index contributed by atoms with van der Waals surface area (Å²) in [4.78, 5) is 4.61. The molecule has 2 heterocycles. The van der Waals surface area contributed by atoms with Gasteiger partial charge in [0.15, 0.2) is 5.58 Å². The number of anilines is 6. The molecule has 0 N–H and O–H groups in total. The summed E-state index contributed by atoms with van der Waals surface area (Å²) in [6.45, 7) is 0. The SMILES string of the molecule is c1ccc(N(c2ccccc2)c2ccc3oc4c(N(c5ccccc5)c5ccc6sc7ccccc7c6c5)cccc4c3c2)cc1. The molecule has 0 aliphatic heterocycles. The molecule has 0 saturated heterocycles. The summed E-state index contributed by atoms with van der Waals surface area (Å²) in [5, 5.41) is 4.72. The second-order valence-corrected chi connectivity index (χ2v) is 12.5. The van der Waals surface area contributed by atoms with Crippen LogP contribution in [-0.2, 0) is 0 Å². The Morgan fingerprint density at radius 2 is 0.913 bits per heavy atom. The zero-order valence-corrected chi connectivity index (χ0v) is 25.7. The first kappa shape index (κ1) is 26.6. The molecule has 0 radical (unpaired) electrons. The van der Waals surface area contributed by atoms with E-state index in [2.05, 4.69) is 180 Å². The van der Waals surface area contributed by atoms with E-state index in [-0.39, 0.29) is 0 Å². The van der Waals surface area contributed by atoms with Crippen LogP contribution in [0.25, 0.3) is 42.1 Å². The Kier molecular flexibility index (Phi) is 6.32. The first-order chi connectivity index (χ1) is 22.8. The van der Waals surface area contributed by atoms with Gasteiger partial charge in [-0.3, -0.25) is 0 Å². The molecule has 0 bridgehead atoms. The number of rotatable bonds is 6. The molecular formula is C42H28N2OS. The molecule has 0 atom stereocenters. The highest BCUT2D eigenvalue weighted by molar-refractivity contribution is 7.25. The molecule has 0 fully saturated rings. The highest BCUT2D eigenvalue weighted by atomic mass is 32.1. The number of nitrogens with zero attached hydrogens (tertiary/aromatic N) is 2. The van der Waals surface area contributed by atoms with Crippen LogP contribution in [0, 0.1) is 0 Å². The number of para-hydroxylation sites is 4. The van der Waals surface area contributed by atoms with E-state index in [1.807, 2.05) is 11.3 Å². The van der Waals surface area contributed by atoms with Crippen molar-refractivity contribution in [2.24, 2.45) is 0 Å². The Labute approximate surface area is 270 Å². The second kappa shape index (κ2) is 11.0. The quantitative estimate of drug-likeness (QED) is 0.187. The summed E-state index contributed by atoms with van der Waals surface area (Å²) in [5.41, 5.74) is 8.18. The molecular weight excluding hydrogens is 581 g/mol. The van der Waals surface area contributed by atoms with Crippen molar-refractivity contribution in [2.75, 3.05) is 9.80 Å². The number of hydrogen-bond donors (Lipinski definition) is 0. The van der Waals surface area contributed by atoms with Gasteiger partial charge >= 0.3 is 0 Å². The third kappa shape index (κ3) is 4.42. The second-order valence-electron chi connectivity index (χ2n) is 11.4. The Balaban J connectivity index is 1.24. The van der Waals surface area contributed by atoms with Gasteiger partial charge in [0.25, 0.3) is 0 Å². The lowest BCUT2D eigenvalue weighted by atomic mass is 10.1. The van der Waals surface area contributed by atoms with Gasteiger partial charge in [0.1, 0.15) is 5.58 Å². The lowest BCUT2D eigenvalue weighted by Gasteiger charge is -2.25. The molecule has 9 rings (SSSR count). The molecule has 9 aromatic rings. The Morgan fingerprint density at radius 3 is 1.63 bits per heavy atom. The predicted molar refractivity (Wildman–Crippen MR) is 196 cm³/mol. The number of thiophene rings is 1. The third-order valence-corrected chi connectivity index (χ3v) is 9.77. The van der Waals surface area contributed by atoms with Crippen molar-refractivity contribution in [2.45, 2.75) is 0 Å². The fraction of sp³-hybridized carbons (Fsp3) is 0. The molecule has 218 valence electrons. The maximum absolute atomic E-state index is 6.74. The Hall–Kier alpha value is -5.84. The van der Waals surface area contributed by atoms with Crippen molar-refractivity contribution < 1.29 is 4.42 Å². The minimum absolute atomic E-state index is 0.861. The van der Waals surface area contributed by atoms with E-state index in [0.29, 0.717) is 0 Å². The van der Waals surface area contributed by atoms with Crippen molar-refractivity contribution in [3.05, 3.63) is 170 Å². The van der Waals surface area contributed by atoms with Gasteiger partial charge in [-0.25, -0.2) is 0 Å². The van der Waals surface area contributed by atoms with Crippen molar-refractivity contribution in [3.8, 4) is 0 Å². The molecule has 7 aromatic carbocycles. The highest BCUT2D eigenvalue weighted by Gasteiger charge is 2.21. The van der Waals surface area contributed by atoms with Crippen LogP contribution in [0.2, 0.25) is 0 Å². The molecule has 0 aliphatic rings. The van der Waals surface area contributed by atoms with Crippen LogP contribution in [0.3, 0.4) is 0 Å². The van der Waals surface area contributed by atoms with E-state index in [1.54, 1.807) is 0 Å². The fourth-order valence-corrected chi connectivity index (χ4v) is 7.63. The first-order valence-electron chi connectivity index (χ1n) is 15.4. The van der Waals surface area contributed by atoms with Gasteiger partial charge in [-0.05, 0) is 84.9 Å². The number of hydrogen-bond acceptors (Lipinski definition) is 4. The van der Waals surface area contributed by atoms with Crippen LogP contribution in [0.4, 0.5) is 34.1 Å². The van der Waals surface area contributed by atoms with Crippen LogP contribution in [0.15, 0.2) is 174 Å². The summed E-state index contributed by atoms with van der Waals surface area (Å²) in [7, 11) is 0. The van der Waals surface area contributed by atoms with Gasteiger partial charge < -0.3 is 14.2 Å². The summed E-state index contributed by atoms with van der Waals surface area (Å²) in [6.07, 6.45) is 0. The minimum atomic E-state index is 0.861. The summed E-state index contributed by atoms with van der Waals surface area (Å²) >= 11 is 1.84. The fourth-order valence-electron chi connectivity index (χ4n) is 6.55. The van der Waals surface area contributed by atoms with Crippen LogP contribution in [-0.4, -0.2) is 0 Å². The molecule has 46 heavy (non-hydrogen) atoms. The van der Waals surface area contributed by atoms with Gasteiger partial charge in [0.05, 0.1) is 5.69 Å². The van der Waals surface area contributed by atoms with Gasteiger partial charge in [-0.1, -0.05) is 84.9 Å². The molecule has 4 heteroatoms. The topological polar surface area (TPSA) is 19.6 Å². The summed E-state index contributed by atoms with van der Waals surface area (Å²) in [6, 6.07) is 60.0. The molecule has 3 nitrogen and oxygen atoms in total. The molecule has 0 saturated carbocycles. The van der Waals surface area contributed by atoms with Gasteiger partial charge in [-0.2, -0.15) is 0 Å². The molecule has 0 amide bonds. The number of benzene rings is 7. The highest BCUT2D eigenvalue weighted by Crippen LogP contribution is 2.45. The van der Waals surface area contributed by atoms with E-state index in [0.717, 1.165) is 56.1 Å². The maximum atomic E-state index is 6.74. The van der Waals surface area contributed by atoms with Crippen molar-refractivity contribution in [1.82, 2.24) is 0 Å². The molecule has 2 aromatic heterocycles. The van der Waals surface area contributed by atoms with Crippen LogP contribution >= 0.6 is 11.3 Å². The van der Waals surface area contributed by atoms with E-state index < -0.39 is 0 Å². The van der Waals surface area contributed by atoms with E-state index >= 15 is 0 Å². The minimum Gasteiger partial charge on any atom is -0.454 e. The van der Waals surface area contributed by atoms with Crippen LogP contribution in [0.5, 0.6) is 0 Å². The largest absolute Gasteiger partial charge is 0.454 e. The van der Waals surface area contributed by atoms with E-state index in [1.165, 1.54) is 20.2 Å². The summed E-state index contributed by atoms with van der Waals surface area (Å²) in [5.74, 6) is 0. The predicted octanol–water partition coefficient (Wildman–Crippen LogP) is 12.9. The zero-order chi connectivity index (χ0) is 30.5. The normalized spacial score (nSPS) is 11.5. The smallest absolute Gasteiger partial charge is 0.159 e. The lowest BCUT2D eigenvalue weighted by Crippen LogP contribution is -2.10. The molecule has 0 unspecified atom stereocenters. The number of fused-ring (bicyclic) bond motifs is 6. The lowest BCUT2D eigenvalue weighted by molar-refractivity contribution is 0.669.